The molecule has 0 saturated carbocycles. The number of hydrogen-bond acceptors (Lipinski definition) is 12. The molecule has 8 rings (SSSR count). The van der Waals surface area contributed by atoms with Gasteiger partial charge in [0.25, 0.3) is 0 Å². The second-order valence-electron chi connectivity index (χ2n) is 19.8. The molecule has 64 heavy (non-hydrogen) atoms. The van der Waals surface area contributed by atoms with Crippen LogP contribution >= 0.6 is 11.6 Å². The van der Waals surface area contributed by atoms with Crippen molar-refractivity contribution in [3.05, 3.63) is 34.9 Å². The van der Waals surface area contributed by atoms with Crippen LogP contribution in [-0.4, -0.2) is 121 Å². The number of benzene rings is 1. The van der Waals surface area contributed by atoms with Gasteiger partial charge < -0.3 is 33.9 Å². The van der Waals surface area contributed by atoms with E-state index in [4.69, 9.17) is 45.4 Å². The van der Waals surface area contributed by atoms with Gasteiger partial charge in [-0.1, -0.05) is 11.6 Å². The molecule has 15 nitrogen and oxygen atoms in total. The number of fused-ring (bicyclic) bond motifs is 3. The minimum Gasteiger partial charge on any atom is -0.471 e. The number of hydrogen-bond donors (Lipinski definition) is 1. The van der Waals surface area contributed by atoms with Gasteiger partial charge >= 0.3 is 18.2 Å². The zero-order valence-corrected chi connectivity index (χ0v) is 38.7. The predicted molar refractivity (Wildman–Crippen MR) is 237 cm³/mol. The Morgan fingerprint density at radius 3 is 2.61 bits per heavy atom. The summed E-state index contributed by atoms with van der Waals surface area (Å²) < 4.78 is 63.7. The lowest BCUT2D eigenvalue weighted by molar-refractivity contribution is -0.0366. The molecule has 5 atom stereocenters. The number of ether oxygens (including phenoxy) is 5. The van der Waals surface area contributed by atoms with E-state index in [2.05, 4.69) is 20.2 Å². The molecule has 0 aliphatic carbocycles. The summed E-state index contributed by atoms with van der Waals surface area (Å²) in [5.74, 6) is -0.599. The smallest absolute Gasteiger partial charge is 0.410 e. The van der Waals surface area contributed by atoms with E-state index in [1.165, 1.54) is 6.20 Å². The Morgan fingerprint density at radius 2 is 1.86 bits per heavy atom. The maximum absolute atomic E-state index is 17.5. The first-order valence-corrected chi connectivity index (χ1v) is 23.1. The van der Waals surface area contributed by atoms with Crippen LogP contribution < -0.4 is 14.8 Å². The number of nitrogens with zero attached hydrogens (tertiary/aromatic N) is 7. The van der Waals surface area contributed by atoms with Gasteiger partial charge in [0.1, 0.15) is 35.2 Å². The summed E-state index contributed by atoms with van der Waals surface area (Å²) in [4.78, 5) is 43.2. The summed E-state index contributed by atoms with van der Waals surface area (Å²) in [5.41, 5.74) is -0.0345. The van der Waals surface area contributed by atoms with Gasteiger partial charge in [0.05, 0.1) is 35.3 Å². The molecule has 18 heteroatoms. The van der Waals surface area contributed by atoms with Crippen LogP contribution in [0.5, 0.6) is 11.9 Å². The zero-order valence-electron chi connectivity index (χ0n) is 38.0. The zero-order chi connectivity index (χ0) is 45.6. The quantitative estimate of drug-likeness (QED) is 0.135. The lowest BCUT2D eigenvalue weighted by atomic mass is 9.95. The van der Waals surface area contributed by atoms with Gasteiger partial charge in [0.15, 0.2) is 12.0 Å². The van der Waals surface area contributed by atoms with Crippen LogP contribution in [-0.2, 0) is 20.6 Å². The number of nitrogens with one attached hydrogen (secondary N) is 1. The highest BCUT2D eigenvalue weighted by atomic mass is 35.5. The fraction of sp³-hybridized carbons (Fsp3) is 0.652. The molecule has 7 heterocycles. The second kappa shape index (κ2) is 18.3. The first-order valence-electron chi connectivity index (χ1n) is 22.7. The van der Waals surface area contributed by atoms with Crippen molar-refractivity contribution in [3.8, 4) is 23.1 Å². The lowest BCUT2D eigenvalue weighted by Gasteiger charge is -2.31. The van der Waals surface area contributed by atoms with Gasteiger partial charge in [0.2, 0.25) is 5.88 Å². The van der Waals surface area contributed by atoms with Crippen molar-refractivity contribution >= 4 is 45.6 Å². The van der Waals surface area contributed by atoms with E-state index in [1.807, 2.05) is 54.5 Å². The summed E-state index contributed by atoms with van der Waals surface area (Å²) in [5, 5.41) is 8.92. The second-order valence-corrected chi connectivity index (χ2v) is 20.2. The van der Waals surface area contributed by atoms with Crippen molar-refractivity contribution in [2.45, 2.75) is 154 Å². The molecule has 1 aromatic carbocycles. The molecule has 4 aliphatic heterocycles. The van der Waals surface area contributed by atoms with Crippen LogP contribution in [0.4, 0.5) is 18.4 Å². The highest BCUT2D eigenvalue weighted by Crippen LogP contribution is 2.43. The van der Waals surface area contributed by atoms with Crippen LogP contribution in [0.3, 0.4) is 0 Å². The first-order chi connectivity index (χ1) is 30.4. The lowest BCUT2D eigenvalue weighted by Crippen LogP contribution is -2.43. The first kappa shape index (κ1) is 45.9. The number of alkyl carbamates (subject to hydrolysis) is 1. The van der Waals surface area contributed by atoms with E-state index < -0.39 is 40.9 Å². The van der Waals surface area contributed by atoms with E-state index >= 15 is 4.39 Å². The van der Waals surface area contributed by atoms with Crippen LogP contribution in [0, 0.1) is 5.82 Å². The molecule has 0 spiro atoms. The van der Waals surface area contributed by atoms with E-state index in [-0.39, 0.29) is 60.0 Å². The average molecular weight is 911 g/mol. The SMILES string of the molecule is C[C@@H]1C[C@@H](NC(=O)OCCCCc2c(Cl)cc3c(cnn3C3CCCCO3)c2-c2ncc3c(OC(C)(C)C)nc(OC[C@@]45CCCN4C[C@H](F)C5)nc3c2F)CN1C(=O)OC(C)(C)C. The number of carbonyl (C=O) groups is 2. The largest absolute Gasteiger partial charge is 0.471 e. The van der Waals surface area contributed by atoms with Crippen LogP contribution in [0.2, 0.25) is 5.02 Å². The molecular formula is C46H61ClF2N8O7. The Hall–Kier alpha value is -4.61. The molecular weight excluding hydrogens is 850 g/mol. The van der Waals surface area contributed by atoms with E-state index in [0.29, 0.717) is 78.9 Å². The number of alkyl halides is 1. The highest BCUT2D eigenvalue weighted by molar-refractivity contribution is 6.33. The number of carbonyl (C=O) groups excluding carboxylic acids is 2. The van der Waals surface area contributed by atoms with Crippen molar-refractivity contribution < 1.29 is 42.1 Å². The fourth-order valence-electron chi connectivity index (χ4n) is 9.61. The van der Waals surface area contributed by atoms with Crippen LogP contribution in [0.1, 0.15) is 118 Å². The average Bonchev–Trinajstić information content (AvgIpc) is 3.98. The fourth-order valence-corrected chi connectivity index (χ4v) is 9.90. The van der Waals surface area contributed by atoms with Gasteiger partial charge in [-0.15, -0.1) is 0 Å². The predicted octanol–water partition coefficient (Wildman–Crippen LogP) is 9.11. The van der Waals surface area contributed by atoms with Crippen molar-refractivity contribution in [2.75, 3.05) is 39.5 Å². The normalized spacial score (nSPS) is 24.1. The summed E-state index contributed by atoms with van der Waals surface area (Å²) in [6.07, 6.45) is 7.76. The van der Waals surface area contributed by atoms with Crippen molar-refractivity contribution in [1.29, 1.82) is 0 Å². The minimum absolute atomic E-state index is 0.0175. The molecule has 1 unspecified atom stereocenters. The number of amides is 2. The monoisotopic (exact) mass is 910 g/mol. The topological polar surface area (TPSA) is 155 Å². The standard InChI is InChI=1S/C46H61ClF2N8O7/c1-27-19-29(25-56(27)43(59)64-45(5,6)7)52-42(58)61-18-10-8-13-30-33(47)20-34-31(23-51-57(34)35-14-9-11-17-60-35)36(30)39-37(49)38-32(22-50-39)40(63-44(2,3)4)54-41(53-38)62-26-46-15-12-16-55(46)24-28(48)21-46/h20,22-23,27-29,35H,8-19,21,24-26H2,1-7H3,(H,52,58)/t27-,28-,29-,35?,46+/m1/s1. The summed E-state index contributed by atoms with van der Waals surface area (Å²) >= 11 is 7.16. The number of likely N-dealkylation sites (tertiary alicyclic amines) is 1. The van der Waals surface area contributed by atoms with Gasteiger partial charge in [0, 0.05) is 54.3 Å². The number of aromatic nitrogens is 5. The Bertz CT molecular complexity index is 2370. The summed E-state index contributed by atoms with van der Waals surface area (Å²) in [6, 6.07) is 1.39. The Kier molecular flexibility index (Phi) is 13.2. The molecule has 4 fully saturated rings. The molecule has 4 aromatic rings. The number of halogens is 3. The molecule has 2 amide bonds. The third-order valence-corrected chi connectivity index (χ3v) is 12.8. The molecule has 0 radical (unpaired) electrons. The van der Waals surface area contributed by atoms with Gasteiger partial charge in [-0.05, 0) is 124 Å². The van der Waals surface area contributed by atoms with Gasteiger partial charge in [-0.25, -0.2) is 23.1 Å². The molecule has 0 bridgehead atoms. The molecule has 348 valence electrons. The highest BCUT2D eigenvalue weighted by Gasteiger charge is 2.49. The van der Waals surface area contributed by atoms with Crippen molar-refractivity contribution in [2.24, 2.45) is 0 Å². The third-order valence-electron chi connectivity index (χ3n) is 12.5. The number of pyridine rings is 1. The number of rotatable bonds is 12. The minimum atomic E-state index is -0.942. The van der Waals surface area contributed by atoms with Gasteiger partial charge in [-0.3, -0.25) is 9.88 Å². The molecule has 1 N–H and O–H groups in total. The maximum atomic E-state index is 17.5. The molecule has 3 aromatic heterocycles. The maximum Gasteiger partial charge on any atom is 0.410 e. The van der Waals surface area contributed by atoms with E-state index in [1.54, 1.807) is 15.8 Å². The summed E-state index contributed by atoms with van der Waals surface area (Å²) in [7, 11) is 0. The number of unbranched alkanes of at least 4 members (excludes halogenated alkanes) is 1. The summed E-state index contributed by atoms with van der Waals surface area (Å²) in [6.45, 7) is 15.3. The van der Waals surface area contributed by atoms with E-state index in [0.717, 1.165) is 38.6 Å². The van der Waals surface area contributed by atoms with Crippen LogP contribution in [0.25, 0.3) is 33.1 Å². The molecule has 4 aliphatic rings. The van der Waals surface area contributed by atoms with Crippen molar-refractivity contribution in [1.82, 2.24) is 39.8 Å². The Morgan fingerprint density at radius 1 is 1.05 bits per heavy atom. The molecule has 4 saturated heterocycles. The third kappa shape index (κ3) is 9.96. The van der Waals surface area contributed by atoms with Crippen LogP contribution in [0.15, 0.2) is 18.5 Å². The van der Waals surface area contributed by atoms with Crippen molar-refractivity contribution in [3.63, 3.8) is 0 Å². The van der Waals surface area contributed by atoms with E-state index in [9.17, 15) is 14.0 Å². The Balaban J connectivity index is 1.05. The van der Waals surface area contributed by atoms with Gasteiger partial charge in [-0.2, -0.15) is 15.1 Å². The Labute approximate surface area is 377 Å².